The Hall–Kier alpha value is -2.35. The van der Waals surface area contributed by atoms with E-state index in [1.165, 1.54) is 42.5 Å². The average Bonchev–Trinajstić information content (AvgIpc) is 3.05. The normalized spacial score (nSPS) is 16.2. The third-order valence-corrected chi connectivity index (χ3v) is 6.86. The Morgan fingerprint density at radius 2 is 1.87 bits per heavy atom. The lowest BCUT2D eigenvalue weighted by atomic mass is 9.96. The van der Waals surface area contributed by atoms with E-state index in [1.807, 2.05) is 18.2 Å². The number of amides is 1. The molecular weight excluding hydrogens is 437 g/mol. The summed E-state index contributed by atoms with van der Waals surface area (Å²) < 4.78 is 16.2. The molecule has 162 valence electrons. The number of carbonyl (C=O) groups excluding carboxylic acids is 2. The molecule has 0 atom stereocenters. The minimum atomic E-state index is -0.339. The first-order valence-corrected chi connectivity index (χ1v) is 11.4. The molecule has 1 aliphatic heterocycles. The topological polar surface area (TPSA) is 54.7 Å². The maximum atomic E-state index is 13.1. The number of aromatic nitrogens is 1. The molecular formula is C23H23ClFN3O2S. The van der Waals surface area contributed by atoms with Crippen LogP contribution in [0, 0.1) is 11.7 Å². The highest BCUT2D eigenvalue weighted by Crippen LogP contribution is 2.25. The van der Waals surface area contributed by atoms with Crippen LogP contribution in [0.25, 0.3) is 10.2 Å². The number of likely N-dealkylation sites (tertiary alicyclic amines) is 1. The molecule has 0 radical (unpaired) electrons. The lowest BCUT2D eigenvalue weighted by Crippen LogP contribution is -2.38. The van der Waals surface area contributed by atoms with E-state index in [0.717, 1.165) is 42.7 Å². The lowest BCUT2D eigenvalue weighted by molar-refractivity contribution is -0.116. The molecule has 1 fully saturated rings. The van der Waals surface area contributed by atoms with Gasteiger partial charge in [0.2, 0.25) is 5.91 Å². The molecule has 31 heavy (non-hydrogen) atoms. The Kier molecular flexibility index (Phi) is 6.65. The molecule has 0 unspecified atom stereocenters. The van der Waals surface area contributed by atoms with Crippen LogP contribution >= 0.6 is 22.9 Å². The highest BCUT2D eigenvalue weighted by Gasteiger charge is 2.23. The van der Waals surface area contributed by atoms with Crippen LogP contribution in [0.5, 0.6) is 0 Å². The second-order valence-corrected chi connectivity index (χ2v) is 9.33. The predicted octanol–water partition coefficient (Wildman–Crippen LogP) is 4.54. The molecule has 5 nitrogen and oxygen atoms in total. The van der Waals surface area contributed by atoms with Gasteiger partial charge in [0.1, 0.15) is 5.82 Å². The third kappa shape index (κ3) is 5.29. The summed E-state index contributed by atoms with van der Waals surface area (Å²) in [7, 11) is 0. The SMILES string of the molecule is CC(=O)N=c1sc2cc(Cl)ccc2n1CC1CCN(CC(=O)c2ccc(F)cc2)CC1. The fraction of sp³-hybridized carbons (Fsp3) is 0.348. The quantitative estimate of drug-likeness (QED) is 0.526. The van der Waals surface area contributed by atoms with Gasteiger partial charge in [-0.1, -0.05) is 22.9 Å². The second kappa shape index (κ2) is 9.42. The van der Waals surface area contributed by atoms with Crippen molar-refractivity contribution in [2.24, 2.45) is 10.9 Å². The minimum Gasteiger partial charge on any atom is -0.316 e. The van der Waals surface area contributed by atoms with Gasteiger partial charge in [-0.25, -0.2) is 4.39 Å². The Morgan fingerprint density at radius 3 is 2.55 bits per heavy atom. The average molecular weight is 460 g/mol. The zero-order valence-electron chi connectivity index (χ0n) is 17.2. The number of carbonyl (C=O) groups is 2. The summed E-state index contributed by atoms with van der Waals surface area (Å²) >= 11 is 7.61. The number of Topliss-reactive ketones (excluding diaryl/α,β-unsaturated/α-hetero) is 1. The molecule has 0 N–H and O–H groups in total. The summed E-state index contributed by atoms with van der Waals surface area (Å²) in [5.74, 6) is -0.123. The van der Waals surface area contributed by atoms with Gasteiger partial charge >= 0.3 is 0 Å². The molecule has 4 rings (SSSR count). The maximum absolute atomic E-state index is 13.1. The van der Waals surface area contributed by atoms with Gasteiger partial charge in [0.05, 0.1) is 16.8 Å². The fourth-order valence-corrected chi connectivity index (χ4v) is 5.32. The first kappa shape index (κ1) is 21.9. The van der Waals surface area contributed by atoms with E-state index in [1.54, 1.807) is 0 Å². The van der Waals surface area contributed by atoms with Crippen LogP contribution in [0.4, 0.5) is 4.39 Å². The Balaban J connectivity index is 1.43. The van der Waals surface area contributed by atoms with Crippen molar-refractivity contribution in [3.63, 3.8) is 0 Å². The summed E-state index contributed by atoms with van der Waals surface area (Å²) in [6.45, 7) is 4.22. The first-order chi connectivity index (χ1) is 14.9. The summed E-state index contributed by atoms with van der Waals surface area (Å²) in [5.41, 5.74) is 1.57. The molecule has 3 aromatic rings. The first-order valence-electron chi connectivity index (χ1n) is 10.2. The highest BCUT2D eigenvalue weighted by atomic mass is 35.5. The van der Waals surface area contributed by atoms with Crippen LogP contribution in [0.15, 0.2) is 47.5 Å². The van der Waals surface area contributed by atoms with Crippen LogP contribution in [0.2, 0.25) is 5.02 Å². The second-order valence-electron chi connectivity index (χ2n) is 7.89. The molecule has 8 heteroatoms. The molecule has 1 saturated heterocycles. The van der Waals surface area contributed by atoms with Gasteiger partial charge in [-0.15, -0.1) is 0 Å². The number of nitrogens with zero attached hydrogens (tertiary/aromatic N) is 3. The maximum Gasteiger partial charge on any atom is 0.245 e. The molecule has 1 amide bonds. The van der Waals surface area contributed by atoms with E-state index in [2.05, 4.69) is 14.5 Å². The highest BCUT2D eigenvalue weighted by molar-refractivity contribution is 7.16. The molecule has 1 aromatic heterocycles. The van der Waals surface area contributed by atoms with Gasteiger partial charge in [0, 0.05) is 24.1 Å². The van der Waals surface area contributed by atoms with Crippen LogP contribution in [-0.2, 0) is 11.3 Å². The summed E-state index contributed by atoms with van der Waals surface area (Å²) in [4.78, 5) is 31.1. The van der Waals surface area contributed by atoms with Crippen molar-refractivity contribution in [1.82, 2.24) is 9.47 Å². The summed E-state index contributed by atoms with van der Waals surface area (Å²) in [5, 5.41) is 0.661. The predicted molar refractivity (Wildman–Crippen MR) is 121 cm³/mol. The number of fused-ring (bicyclic) bond motifs is 1. The fourth-order valence-electron chi connectivity index (χ4n) is 3.96. The molecule has 0 aliphatic carbocycles. The largest absolute Gasteiger partial charge is 0.316 e. The number of halogens is 2. The van der Waals surface area contributed by atoms with Crippen molar-refractivity contribution >= 4 is 44.8 Å². The van der Waals surface area contributed by atoms with Crippen molar-refractivity contribution in [3.8, 4) is 0 Å². The number of hydrogen-bond acceptors (Lipinski definition) is 4. The van der Waals surface area contributed by atoms with Gasteiger partial charge < -0.3 is 4.57 Å². The number of rotatable bonds is 5. The van der Waals surface area contributed by atoms with Crippen molar-refractivity contribution < 1.29 is 14.0 Å². The standard InChI is InChI=1S/C23H23ClFN3O2S/c1-15(29)26-23-28(20-7-4-18(24)12-22(20)31-23)13-16-8-10-27(11-9-16)14-21(30)17-2-5-19(25)6-3-17/h2-7,12,16H,8-11,13-14H2,1H3. The Morgan fingerprint density at radius 1 is 1.16 bits per heavy atom. The van der Waals surface area contributed by atoms with Crippen LogP contribution < -0.4 is 4.80 Å². The van der Waals surface area contributed by atoms with E-state index >= 15 is 0 Å². The minimum absolute atomic E-state index is 0.0103. The Labute approximate surface area is 188 Å². The summed E-state index contributed by atoms with van der Waals surface area (Å²) in [6.07, 6.45) is 1.91. The van der Waals surface area contributed by atoms with Crippen LogP contribution in [0.1, 0.15) is 30.1 Å². The molecule has 2 heterocycles. The van der Waals surface area contributed by atoms with Gasteiger partial charge in [-0.05, 0) is 74.3 Å². The van der Waals surface area contributed by atoms with Gasteiger partial charge in [-0.2, -0.15) is 4.99 Å². The van der Waals surface area contributed by atoms with E-state index in [0.29, 0.717) is 27.9 Å². The summed E-state index contributed by atoms with van der Waals surface area (Å²) in [6, 6.07) is 11.4. The number of hydrogen-bond donors (Lipinski definition) is 0. The lowest BCUT2D eigenvalue weighted by Gasteiger charge is -2.31. The zero-order valence-corrected chi connectivity index (χ0v) is 18.8. The molecule has 0 bridgehead atoms. The monoisotopic (exact) mass is 459 g/mol. The van der Waals surface area contributed by atoms with E-state index in [9.17, 15) is 14.0 Å². The number of ketones is 1. The van der Waals surface area contributed by atoms with E-state index in [4.69, 9.17) is 11.6 Å². The van der Waals surface area contributed by atoms with Crippen molar-refractivity contribution in [1.29, 1.82) is 0 Å². The van der Waals surface area contributed by atoms with Crippen molar-refractivity contribution in [2.75, 3.05) is 19.6 Å². The number of piperidine rings is 1. The van der Waals surface area contributed by atoms with E-state index < -0.39 is 0 Å². The van der Waals surface area contributed by atoms with Crippen molar-refractivity contribution in [2.45, 2.75) is 26.3 Å². The van der Waals surface area contributed by atoms with Gasteiger partial charge in [0.15, 0.2) is 10.6 Å². The van der Waals surface area contributed by atoms with E-state index in [-0.39, 0.29) is 17.5 Å². The third-order valence-electron chi connectivity index (χ3n) is 5.58. The molecule has 0 spiro atoms. The molecule has 2 aromatic carbocycles. The smallest absolute Gasteiger partial charge is 0.245 e. The Bertz CT molecular complexity index is 1180. The van der Waals surface area contributed by atoms with Crippen LogP contribution in [-0.4, -0.2) is 40.8 Å². The molecule has 0 saturated carbocycles. The zero-order chi connectivity index (χ0) is 22.0. The van der Waals surface area contributed by atoms with Gasteiger partial charge in [0.25, 0.3) is 0 Å². The van der Waals surface area contributed by atoms with Crippen molar-refractivity contribution in [3.05, 3.63) is 63.7 Å². The van der Waals surface area contributed by atoms with Crippen LogP contribution in [0.3, 0.4) is 0 Å². The van der Waals surface area contributed by atoms with Gasteiger partial charge in [-0.3, -0.25) is 14.5 Å². The molecule has 1 aliphatic rings. The number of thiazole rings is 1. The number of benzene rings is 2.